The van der Waals surface area contributed by atoms with Gasteiger partial charge in [-0.15, -0.1) is 0 Å². The monoisotopic (exact) mass is 291 g/mol. The van der Waals surface area contributed by atoms with Gasteiger partial charge in [-0.05, 0) is 45.0 Å². The molecule has 21 heavy (non-hydrogen) atoms. The molecule has 0 saturated carbocycles. The van der Waals surface area contributed by atoms with Crippen molar-refractivity contribution >= 4 is 17.5 Å². The van der Waals surface area contributed by atoms with Crippen molar-refractivity contribution in [3.63, 3.8) is 0 Å². The molecule has 5 heteroatoms. The summed E-state index contributed by atoms with van der Waals surface area (Å²) in [5.41, 5.74) is 1.31. The van der Waals surface area contributed by atoms with E-state index in [0.717, 1.165) is 0 Å². The van der Waals surface area contributed by atoms with Gasteiger partial charge in [-0.2, -0.15) is 0 Å². The lowest BCUT2D eigenvalue weighted by Crippen LogP contribution is -2.37. The summed E-state index contributed by atoms with van der Waals surface area (Å²) in [6.07, 6.45) is 0.412. The normalized spacial score (nSPS) is 11.1. The maximum Gasteiger partial charge on any atom is 0.253 e. The highest BCUT2D eigenvalue weighted by molar-refractivity contribution is 5.95. The van der Waals surface area contributed by atoms with Crippen LogP contribution in [0.3, 0.4) is 0 Å². The van der Waals surface area contributed by atoms with Crippen LogP contribution in [0.15, 0.2) is 24.3 Å². The molecule has 1 aromatic rings. The number of hydrogen-bond acceptors (Lipinski definition) is 3. The third-order valence-corrected chi connectivity index (χ3v) is 2.83. The molecule has 0 spiro atoms. The van der Waals surface area contributed by atoms with Crippen LogP contribution in [-0.2, 0) is 4.79 Å². The van der Waals surface area contributed by atoms with Gasteiger partial charge in [0.15, 0.2) is 0 Å². The molecule has 2 N–H and O–H groups in total. The van der Waals surface area contributed by atoms with Crippen molar-refractivity contribution in [1.29, 1.82) is 0 Å². The second-order valence-corrected chi connectivity index (χ2v) is 6.25. The highest BCUT2D eigenvalue weighted by atomic mass is 16.2. The average molecular weight is 291 g/mol. The first-order chi connectivity index (χ1) is 9.69. The van der Waals surface area contributed by atoms with Gasteiger partial charge in [0.05, 0.1) is 0 Å². The van der Waals surface area contributed by atoms with Crippen LogP contribution in [0.5, 0.6) is 0 Å². The first-order valence-corrected chi connectivity index (χ1v) is 7.05. The first kappa shape index (κ1) is 17.2. The topological polar surface area (TPSA) is 61.4 Å². The van der Waals surface area contributed by atoms with Gasteiger partial charge in [-0.1, -0.05) is 0 Å². The molecule has 0 aromatic heterocycles. The van der Waals surface area contributed by atoms with E-state index in [1.807, 2.05) is 0 Å². The van der Waals surface area contributed by atoms with Crippen molar-refractivity contribution in [2.75, 3.05) is 26.0 Å². The molecule has 0 atom stereocenters. The smallest absolute Gasteiger partial charge is 0.253 e. The number of carbonyl (C=O) groups is 2. The van der Waals surface area contributed by atoms with Gasteiger partial charge < -0.3 is 15.5 Å². The fourth-order valence-corrected chi connectivity index (χ4v) is 1.73. The quantitative estimate of drug-likeness (QED) is 0.873. The SMILES string of the molecule is CN(C)C(=O)c1ccc(NC(=O)CCNC(C)(C)C)cc1. The molecule has 0 aliphatic carbocycles. The van der Waals surface area contributed by atoms with Crippen molar-refractivity contribution in [1.82, 2.24) is 10.2 Å². The molecule has 0 radical (unpaired) electrons. The van der Waals surface area contributed by atoms with Gasteiger partial charge >= 0.3 is 0 Å². The predicted molar refractivity (Wildman–Crippen MR) is 85.5 cm³/mol. The van der Waals surface area contributed by atoms with Crippen LogP contribution in [0.2, 0.25) is 0 Å². The summed E-state index contributed by atoms with van der Waals surface area (Å²) in [4.78, 5) is 25.1. The number of anilines is 1. The lowest BCUT2D eigenvalue weighted by atomic mass is 10.1. The molecule has 116 valence electrons. The minimum absolute atomic E-state index is 0.00840. The summed E-state index contributed by atoms with van der Waals surface area (Å²) in [6.45, 7) is 6.81. The zero-order chi connectivity index (χ0) is 16.0. The molecule has 1 aromatic carbocycles. The molecule has 0 aliphatic heterocycles. The Labute approximate surface area is 126 Å². The summed E-state index contributed by atoms with van der Waals surface area (Å²) in [5, 5.41) is 6.08. The lowest BCUT2D eigenvalue weighted by molar-refractivity contribution is -0.116. The second kappa shape index (κ2) is 7.22. The Morgan fingerprint density at radius 3 is 2.14 bits per heavy atom. The van der Waals surface area contributed by atoms with Gasteiger partial charge in [-0.25, -0.2) is 0 Å². The maximum atomic E-state index is 11.8. The molecule has 0 aliphatic rings. The second-order valence-electron chi connectivity index (χ2n) is 6.25. The van der Waals surface area contributed by atoms with Crippen LogP contribution in [0.25, 0.3) is 0 Å². The Bertz CT molecular complexity index is 487. The molecule has 1 rings (SSSR count). The zero-order valence-electron chi connectivity index (χ0n) is 13.5. The fraction of sp³-hybridized carbons (Fsp3) is 0.500. The number of nitrogens with zero attached hydrogens (tertiary/aromatic N) is 1. The van der Waals surface area contributed by atoms with Crippen molar-refractivity contribution < 1.29 is 9.59 Å². The van der Waals surface area contributed by atoms with Gasteiger partial charge in [0.2, 0.25) is 5.91 Å². The van der Waals surface area contributed by atoms with E-state index in [-0.39, 0.29) is 17.4 Å². The summed E-state index contributed by atoms with van der Waals surface area (Å²) >= 11 is 0. The van der Waals surface area contributed by atoms with Crippen LogP contribution in [-0.4, -0.2) is 42.9 Å². The number of benzene rings is 1. The van der Waals surface area contributed by atoms with Crippen LogP contribution < -0.4 is 10.6 Å². The minimum atomic E-state index is -0.0535. The van der Waals surface area contributed by atoms with Gasteiger partial charge in [0.25, 0.3) is 5.91 Å². The number of hydrogen-bond donors (Lipinski definition) is 2. The van der Waals surface area contributed by atoms with Gasteiger partial charge in [-0.3, -0.25) is 9.59 Å². The average Bonchev–Trinajstić information content (AvgIpc) is 2.37. The number of amides is 2. The molecule has 5 nitrogen and oxygen atoms in total. The van der Waals surface area contributed by atoms with E-state index in [2.05, 4.69) is 31.4 Å². The van der Waals surface area contributed by atoms with E-state index in [0.29, 0.717) is 24.2 Å². The van der Waals surface area contributed by atoms with Crippen molar-refractivity contribution in [2.45, 2.75) is 32.7 Å². The predicted octanol–water partition coefficient (Wildman–Crippen LogP) is 2.11. The number of rotatable bonds is 5. The van der Waals surface area contributed by atoms with E-state index < -0.39 is 0 Å². The van der Waals surface area contributed by atoms with Crippen LogP contribution in [0.1, 0.15) is 37.6 Å². The minimum Gasteiger partial charge on any atom is -0.345 e. The third-order valence-electron chi connectivity index (χ3n) is 2.83. The molecule has 0 bridgehead atoms. The van der Waals surface area contributed by atoms with Crippen LogP contribution in [0.4, 0.5) is 5.69 Å². The molecular weight excluding hydrogens is 266 g/mol. The van der Waals surface area contributed by atoms with E-state index in [4.69, 9.17) is 0 Å². The molecule has 2 amide bonds. The lowest BCUT2D eigenvalue weighted by Gasteiger charge is -2.20. The summed E-state index contributed by atoms with van der Waals surface area (Å²) in [6, 6.07) is 6.91. The Hall–Kier alpha value is -1.88. The van der Waals surface area contributed by atoms with Gasteiger partial charge in [0.1, 0.15) is 0 Å². The Balaban J connectivity index is 2.48. The Kier molecular flexibility index (Phi) is 5.90. The third kappa shape index (κ3) is 6.40. The highest BCUT2D eigenvalue weighted by Crippen LogP contribution is 2.11. The summed E-state index contributed by atoms with van der Waals surface area (Å²) in [5.74, 6) is -0.0966. The number of carbonyl (C=O) groups excluding carboxylic acids is 2. The Morgan fingerprint density at radius 2 is 1.67 bits per heavy atom. The molecule has 0 heterocycles. The first-order valence-electron chi connectivity index (χ1n) is 7.05. The Morgan fingerprint density at radius 1 is 1.10 bits per heavy atom. The van der Waals surface area contributed by atoms with Crippen molar-refractivity contribution in [3.05, 3.63) is 29.8 Å². The van der Waals surface area contributed by atoms with Crippen molar-refractivity contribution in [2.24, 2.45) is 0 Å². The van der Waals surface area contributed by atoms with Crippen LogP contribution >= 0.6 is 0 Å². The molecule has 0 saturated heterocycles. The zero-order valence-corrected chi connectivity index (χ0v) is 13.5. The van der Waals surface area contributed by atoms with Crippen molar-refractivity contribution in [3.8, 4) is 0 Å². The van der Waals surface area contributed by atoms with E-state index in [1.165, 1.54) is 4.90 Å². The molecule has 0 unspecified atom stereocenters. The largest absolute Gasteiger partial charge is 0.345 e. The maximum absolute atomic E-state index is 11.8. The summed E-state index contributed by atoms with van der Waals surface area (Å²) < 4.78 is 0. The molecule has 0 fully saturated rings. The van der Waals surface area contributed by atoms with E-state index in [9.17, 15) is 9.59 Å². The fourth-order valence-electron chi connectivity index (χ4n) is 1.73. The summed E-state index contributed by atoms with van der Waals surface area (Å²) in [7, 11) is 3.42. The van der Waals surface area contributed by atoms with E-state index in [1.54, 1.807) is 38.4 Å². The molecular formula is C16H25N3O2. The van der Waals surface area contributed by atoms with Gasteiger partial charge in [0, 0.05) is 43.9 Å². The standard InChI is InChI=1S/C16H25N3O2/c1-16(2,3)17-11-10-14(20)18-13-8-6-12(7-9-13)15(21)19(4)5/h6-9,17H,10-11H2,1-5H3,(H,18,20). The van der Waals surface area contributed by atoms with Crippen LogP contribution in [0, 0.1) is 0 Å². The van der Waals surface area contributed by atoms with E-state index >= 15 is 0 Å². The number of nitrogens with one attached hydrogen (secondary N) is 2. The highest BCUT2D eigenvalue weighted by Gasteiger charge is 2.10.